The standard InChI is InChI=1S/C11H15IN2/c12-10-5-4-9(11(14)6-13)7-2-1-3-8(7)10/h4-5,11H,1-3,6,13-14H2/t11-/m1/s1. The van der Waals surface area contributed by atoms with Gasteiger partial charge in [-0.3, -0.25) is 0 Å². The van der Waals surface area contributed by atoms with E-state index in [0.717, 1.165) is 0 Å². The van der Waals surface area contributed by atoms with Crippen LogP contribution >= 0.6 is 22.6 Å². The molecular weight excluding hydrogens is 287 g/mol. The zero-order valence-electron chi connectivity index (χ0n) is 8.09. The predicted molar refractivity (Wildman–Crippen MR) is 67.2 cm³/mol. The second-order valence-electron chi connectivity index (χ2n) is 3.79. The van der Waals surface area contributed by atoms with Gasteiger partial charge in [0.15, 0.2) is 0 Å². The van der Waals surface area contributed by atoms with Crippen LogP contribution in [0.15, 0.2) is 12.1 Å². The fourth-order valence-electron chi connectivity index (χ4n) is 2.16. The van der Waals surface area contributed by atoms with Crippen molar-refractivity contribution in [3.05, 3.63) is 32.4 Å². The third-order valence-corrected chi connectivity index (χ3v) is 3.93. The third-order valence-electron chi connectivity index (χ3n) is 2.92. The minimum absolute atomic E-state index is 0.0128. The highest BCUT2D eigenvalue weighted by molar-refractivity contribution is 14.1. The van der Waals surface area contributed by atoms with E-state index in [9.17, 15) is 0 Å². The summed E-state index contributed by atoms with van der Waals surface area (Å²) in [7, 11) is 0. The highest BCUT2D eigenvalue weighted by Crippen LogP contribution is 2.31. The zero-order chi connectivity index (χ0) is 10.1. The van der Waals surface area contributed by atoms with Crippen LogP contribution in [0.5, 0.6) is 0 Å². The zero-order valence-corrected chi connectivity index (χ0v) is 10.3. The van der Waals surface area contributed by atoms with E-state index in [2.05, 4.69) is 34.7 Å². The molecule has 0 radical (unpaired) electrons. The molecule has 1 aromatic carbocycles. The van der Waals surface area contributed by atoms with Crippen molar-refractivity contribution in [3.63, 3.8) is 0 Å². The molecule has 1 aliphatic carbocycles. The molecule has 0 bridgehead atoms. The molecular formula is C11H15IN2. The Morgan fingerprint density at radius 3 is 2.71 bits per heavy atom. The molecule has 0 spiro atoms. The van der Waals surface area contributed by atoms with Crippen LogP contribution in [0.4, 0.5) is 0 Å². The fourth-order valence-corrected chi connectivity index (χ4v) is 2.94. The summed E-state index contributed by atoms with van der Waals surface area (Å²) < 4.78 is 1.38. The van der Waals surface area contributed by atoms with Crippen LogP contribution in [-0.2, 0) is 12.8 Å². The summed E-state index contributed by atoms with van der Waals surface area (Å²) in [5.74, 6) is 0. The van der Waals surface area contributed by atoms with Gasteiger partial charge in [0.1, 0.15) is 0 Å². The Morgan fingerprint density at radius 2 is 2.00 bits per heavy atom. The summed E-state index contributed by atoms with van der Waals surface area (Å²) in [5.41, 5.74) is 15.8. The number of hydrogen-bond acceptors (Lipinski definition) is 2. The van der Waals surface area contributed by atoms with Gasteiger partial charge in [-0.05, 0) is 64.6 Å². The van der Waals surface area contributed by atoms with E-state index in [0.29, 0.717) is 6.54 Å². The van der Waals surface area contributed by atoms with Crippen LogP contribution in [0, 0.1) is 3.57 Å². The summed E-state index contributed by atoms with van der Waals surface area (Å²) in [5, 5.41) is 0. The van der Waals surface area contributed by atoms with E-state index in [1.54, 1.807) is 0 Å². The first-order valence-electron chi connectivity index (χ1n) is 5.00. The van der Waals surface area contributed by atoms with Crippen LogP contribution in [0.2, 0.25) is 0 Å². The average molecular weight is 302 g/mol. The molecule has 0 aliphatic heterocycles. The number of rotatable bonds is 2. The maximum atomic E-state index is 5.99. The van der Waals surface area contributed by atoms with E-state index in [1.165, 1.54) is 39.5 Å². The van der Waals surface area contributed by atoms with Crippen molar-refractivity contribution in [2.24, 2.45) is 11.5 Å². The Balaban J connectivity index is 2.48. The molecule has 4 N–H and O–H groups in total. The van der Waals surface area contributed by atoms with Crippen molar-refractivity contribution < 1.29 is 0 Å². The van der Waals surface area contributed by atoms with E-state index in [1.807, 2.05) is 0 Å². The minimum Gasteiger partial charge on any atom is -0.329 e. The number of hydrogen-bond donors (Lipinski definition) is 2. The van der Waals surface area contributed by atoms with Crippen molar-refractivity contribution in [1.82, 2.24) is 0 Å². The van der Waals surface area contributed by atoms with Gasteiger partial charge in [0, 0.05) is 16.2 Å². The van der Waals surface area contributed by atoms with Crippen LogP contribution in [0.3, 0.4) is 0 Å². The van der Waals surface area contributed by atoms with Gasteiger partial charge in [-0.15, -0.1) is 0 Å². The molecule has 3 heteroatoms. The average Bonchev–Trinajstić information content (AvgIpc) is 2.67. The van der Waals surface area contributed by atoms with Gasteiger partial charge in [-0.2, -0.15) is 0 Å². The Labute approximate surface area is 98.2 Å². The first-order chi connectivity index (χ1) is 6.74. The summed E-state index contributed by atoms with van der Waals surface area (Å²) in [6, 6.07) is 4.32. The molecule has 0 amide bonds. The predicted octanol–water partition coefficient (Wildman–Crippen LogP) is 1.74. The van der Waals surface area contributed by atoms with Crippen LogP contribution in [-0.4, -0.2) is 6.54 Å². The van der Waals surface area contributed by atoms with Gasteiger partial charge >= 0.3 is 0 Å². The molecule has 0 fully saturated rings. The summed E-state index contributed by atoms with van der Waals surface area (Å²) in [4.78, 5) is 0. The summed E-state index contributed by atoms with van der Waals surface area (Å²) in [6.45, 7) is 0.535. The van der Waals surface area contributed by atoms with Gasteiger partial charge < -0.3 is 11.5 Å². The van der Waals surface area contributed by atoms with Crippen molar-refractivity contribution in [3.8, 4) is 0 Å². The molecule has 0 unspecified atom stereocenters. The second kappa shape index (κ2) is 4.16. The molecule has 76 valence electrons. The summed E-state index contributed by atoms with van der Waals surface area (Å²) >= 11 is 2.41. The lowest BCUT2D eigenvalue weighted by molar-refractivity contribution is 0.726. The van der Waals surface area contributed by atoms with Crippen molar-refractivity contribution >= 4 is 22.6 Å². The molecule has 1 aliphatic rings. The lowest BCUT2D eigenvalue weighted by atomic mass is 9.98. The lowest BCUT2D eigenvalue weighted by Gasteiger charge is -2.15. The van der Waals surface area contributed by atoms with Gasteiger partial charge in [-0.1, -0.05) is 6.07 Å². The summed E-state index contributed by atoms with van der Waals surface area (Å²) in [6.07, 6.45) is 3.65. The molecule has 2 rings (SSSR count). The first kappa shape index (κ1) is 10.4. The van der Waals surface area contributed by atoms with Crippen LogP contribution in [0.1, 0.15) is 29.2 Å². The smallest absolute Gasteiger partial charge is 0.0422 e. The molecule has 1 aromatic rings. The van der Waals surface area contributed by atoms with Crippen LogP contribution < -0.4 is 11.5 Å². The molecule has 0 saturated carbocycles. The molecule has 0 saturated heterocycles. The van der Waals surface area contributed by atoms with Crippen LogP contribution in [0.25, 0.3) is 0 Å². The molecule has 0 heterocycles. The van der Waals surface area contributed by atoms with Gasteiger partial charge in [0.2, 0.25) is 0 Å². The highest BCUT2D eigenvalue weighted by Gasteiger charge is 2.19. The first-order valence-corrected chi connectivity index (χ1v) is 6.07. The fraction of sp³-hybridized carbons (Fsp3) is 0.455. The number of nitrogens with two attached hydrogens (primary N) is 2. The molecule has 14 heavy (non-hydrogen) atoms. The SMILES string of the molecule is NC[C@@H](N)c1ccc(I)c2c1CCC2. The number of halogens is 1. The Hall–Kier alpha value is -0.130. The number of benzene rings is 1. The van der Waals surface area contributed by atoms with E-state index >= 15 is 0 Å². The van der Waals surface area contributed by atoms with E-state index in [4.69, 9.17) is 11.5 Å². The quantitative estimate of drug-likeness (QED) is 0.818. The van der Waals surface area contributed by atoms with Crippen molar-refractivity contribution in [2.75, 3.05) is 6.54 Å². The largest absolute Gasteiger partial charge is 0.329 e. The molecule has 1 atom stereocenters. The monoisotopic (exact) mass is 302 g/mol. The second-order valence-corrected chi connectivity index (χ2v) is 4.95. The Kier molecular flexibility index (Phi) is 3.09. The van der Waals surface area contributed by atoms with E-state index in [-0.39, 0.29) is 6.04 Å². The normalized spacial score (nSPS) is 16.8. The Bertz CT molecular complexity index is 349. The van der Waals surface area contributed by atoms with Gasteiger partial charge in [0.05, 0.1) is 0 Å². The van der Waals surface area contributed by atoms with Crippen molar-refractivity contribution in [2.45, 2.75) is 25.3 Å². The molecule has 0 aromatic heterocycles. The van der Waals surface area contributed by atoms with Crippen molar-refractivity contribution in [1.29, 1.82) is 0 Å². The molecule has 2 nitrogen and oxygen atoms in total. The topological polar surface area (TPSA) is 52.0 Å². The van der Waals surface area contributed by atoms with E-state index < -0.39 is 0 Å². The van der Waals surface area contributed by atoms with Gasteiger partial charge in [-0.25, -0.2) is 0 Å². The number of fused-ring (bicyclic) bond motifs is 1. The third kappa shape index (κ3) is 1.68. The Morgan fingerprint density at radius 1 is 1.29 bits per heavy atom. The highest BCUT2D eigenvalue weighted by atomic mass is 127. The maximum absolute atomic E-state index is 5.99. The van der Waals surface area contributed by atoms with Gasteiger partial charge in [0.25, 0.3) is 0 Å². The lowest BCUT2D eigenvalue weighted by Crippen LogP contribution is -2.22. The minimum atomic E-state index is 0.0128. The maximum Gasteiger partial charge on any atom is 0.0422 e.